The number of benzene rings is 1. The van der Waals surface area contributed by atoms with E-state index in [-0.39, 0.29) is 5.91 Å². The fourth-order valence-corrected chi connectivity index (χ4v) is 3.74. The number of aryl methyl sites for hydroxylation is 2. The fourth-order valence-electron chi connectivity index (χ4n) is 3.74. The van der Waals surface area contributed by atoms with Gasteiger partial charge in [0.2, 0.25) is 5.91 Å². The van der Waals surface area contributed by atoms with Crippen LogP contribution in [0.15, 0.2) is 47.2 Å². The molecule has 0 spiro atoms. The van der Waals surface area contributed by atoms with Gasteiger partial charge in [-0.2, -0.15) is 0 Å². The van der Waals surface area contributed by atoms with Crippen molar-refractivity contribution in [1.29, 1.82) is 0 Å². The molecule has 4 rings (SSSR count). The largest absolute Gasteiger partial charge is 0.464 e. The van der Waals surface area contributed by atoms with Gasteiger partial charge in [-0.1, -0.05) is 6.07 Å². The molecule has 1 aromatic carbocycles. The third-order valence-electron chi connectivity index (χ3n) is 5.21. The summed E-state index contributed by atoms with van der Waals surface area (Å²) in [4.78, 5) is 19.1. The number of hydrogen-bond acceptors (Lipinski definition) is 4. The van der Waals surface area contributed by atoms with Crippen LogP contribution in [0.5, 0.6) is 0 Å². The highest BCUT2D eigenvalue weighted by atomic mass is 16.5. The van der Waals surface area contributed by atoms with Gasteiger partial charge in [0, 0.05) is 30.8 Å². The van der Waals surface area contributed by atoms with Crippen molar-refractivity contribution < 1.29 is 13.9 Å². The molecule has 0 atom stereocenters. The van der Waals surface area contributed by atoms with E-state index in [1.54, 1.807) is 24.5 Å². The molecule has 0 unspecified atom stereocenters. The summed E-state index contributed by atoms with van der Waals surface area (Å²) in [6.07, 6.45) is 7.23. The topological polar surface area (TPSA) is 55.6 Å². The monoisotopic (exact) mass is 364 g/mol. The molecular weight excluding hydrogens is 340 g/mol. The van der Waals surface area contributed by atoms with Gasteiger partial charge in [0.15, 0.2) is 0 Å². The molecular formula is C22H24N2O3. The Labute approximate surface area is 158 Å². The molecule has 27 heavy (non-hydrogen) atoms. The van der Waals surface area contributed by atoms with Crippen molar-refractivity contribution in [3.8, 4) is 0 Å². The van der Waals surface area contributed by atoms with E-state index in [1.165, 1.54) is 17.5 Å². The Morgan fingerprint density at radius 2 is 2.11 bits per heavy atom. The standard InChI is InChI=1S/C22H24N2O3/c1-26-10-9-24(14-19-7-2-3-8-23-19)22(25)13-18-15-27-21-12-17-6-4-5-16(17)11-20(18)21/h2-3,7-8,11-12,15H,4-6,9-10,13-14H2,1H3. The molecule has 5 nitrogen and oxygen atoms in total. The van der Waals surface area contributed by atoms with Crippen molar-refractivity contribution in [2.45, 2.75) is 32.2 Å². The lowest BCUT2D eigenvalue weighted by molar-refractivity contribution is -0.131. The second-order valence-electron chi connectivity index (χ2n) is 7.04. The van der Waals surface area contributed by atoms with E-state index in [9.17, 15) is 4.79 Å². The summed E-state index contributed by atoms with van der Waals surface area (Å²) in [5, 5.41) is 1.06. The predicted octanol–water partition coefficient (Wildman–Crippen LogP) is 3.53. The van der Waals surface area contributed by atoms with E-state index in [2.05, 4.69) is 17.1 Å². The zero-order valence-corrected chi connectivity index (χ0v) is 15.6. The molecule has 2 aromatic heterocycles. The van der Waals surface area contributed by atoms with Crippen molar-refractivity contribution in [3.63, 3.8) is 0 Å². The maximum absolute atomic E-state index is 13.0. The van der Waals surface area contributed by atoms with Gasteiger partial charge in [-0.3, -0.25) is 9.78 Å². The number of carbonyl (C=O) groups is 1. The number of aromatic nitrogens is 1. The maximum atomic E-state index is 13.0. The van der Waals surface area contributed by atoms with Crippen molar-refractivity contribution in [3.05, 3.63) is 65.2 Å². The Hall–Kier alpha value is -2.66. The van der Waals surface area contributed by atoms with E-state index in [1.807, 2.05) is 18.2 Å². The Morgan fingerprint density at radius 3 is 2.89 bits per heavy atom. The van der Waals surface area contributed by atoms with Crippen LogP contribution in [0.25, 0.3) is 11.0 Å². The predicted molar refractivity (Wildman–Crippen MR) is 103 cm³/mol. The van der Waals surface area contributed by atoms with Gasteiger partial charge in [0.25, 0.3) is 0 Å². The third kappa shape index (κ3) is 3.88. The van der Waals surface area contributed by atoms with Gasteiger partial charge in [-0.25, -0.2) is 0 Å². The Morgan fingerprint density at radius 1 is 1.26 bits per heavy atom. The minimum absolute atomic E-state index is 0.0564. The quantitative estimate of drug-likeness (QED) is 0.643. The molecule has 0 fully saturated rings. The van der Waals surface area contributed by atoms with E-state index in [4.69, 9.17) is 9.15 Å². The number of ether oxygens (including phenoxy) is 1. The van der Waals surface area contributed by atoms with Crippen LogP contribution in [-0.2, 0) is 35.3 Å². The maximum Gasteiger partial charge on any atom is 0.227 e. The average Bonchev–Trinajstić information content (AvgIpc) is 3.30. The molecule has 1 aliphatic carbocycles. The van der Waals surface area contributed by atoms with E-state index >= 15 is 0 Å². The molecule has 0 aliphatic heterocycles. The van der Waals surface area contributed by atoms with E-state index in [0.29, 0.717) is 26.1 Å². The molecule has 3 aromatic rings. The van der Waals surface area contributed by atoms with Crippen LogP contribution in [-0.4, -0.2) is 36.1 Å². The van der Waals surface area contributed by atoms with Gasteiger partial charge < -0.3 is 14.1 Å². The van der Waals surface area contributed by atoms with Crippen LogP contribution in [0.1, 0.15) is 28.8 Å². The summed E-state index contributed by atoms with van der Waals surface area (Å²) < 4.78 is 10.9. The van der Waals surface area contributed by atoms with Gasteiger partial charge in [0.05, 0.1) is 31.5 Å². The molecule has 1 aliphatic rings. The van der Waals surface area contributed by atoms with E-state index < -0.39 is 0 Å². The molecule has 0 saturated carbocycles. The summed E-state index contributed by atoms with van der Waals surface area (Å²) in [7, 11) is 1.65. The first-order valence-electron chi connectivity index (χ1n) is 9.43. The van der Waals surface area contributed by atoms with Gasteiger partial charge in [0.1, 0.15) is 5.58 Å². The van der Waals surface area contributed by atoms with Crippen molar-refractivity contribution in [2.24, 2.45) is 0 Å². The van der Waals surface area contributed by atoms with Crippen molar-refractivity contribution >= 4 is 16.9 Å². The number of amides is 1. The molecule has 1 amide bonds. The summed E-state index contributed by atoms with van der Waals surface area (Å²) >= 11 is 0. The van der Waals surface area contributed by atoms with Crippen LogP contribution >= 0.6 is 0 Å². The molecule has 0 N–H and O–H groups in total. The average molecular weight is 364 g/mol. The molecule has 140 valence electrons. The zero-order valence-electron chi connectivity index (χ0n) is 15.6. The van der Waals surface area contributed by atoms with Crippen LogP contribution in [0.2, 0.25) is 0 Å². The van der Waals surface area contributed by atoms with Gasteiger partial charge in [-0.15, -0.1) is 0 Å². The van der Waals surface area contributed by atoms with E-state index in [0.717, 1.165) is 35.1 Å². The number of rotatable bonds is 7. The summed E-state index contributed by atoms with van der Waals surface area (Å²) in [5.74, 6) is 0.0564. The highest BCUT2D eigenvalue weighted by molar-refractivity contribution is 5.88. The molecule has 0 bridgehead atoms. The smallest absolute Gasteiger partial charge is 0.227 e. The first-order chi connectivity index (χ1) is 13.2. The number of pyridine rings is 1. The number of methoxy groups -OCH3 is 1. The first kappa shape index (κ1) is 17.7. The lowest BCUT2D eigenvalue weighted by Crippen LogP contribution is -2.34. The minimum Gasteiger partial charge on any atom is -0.464 e. The second-order valence-corrected chi connectivity index (χ2v) is 7.04. The van der Waals surface area contributed by atoms with Crippen LogP contribution in [0, 0.1) is 0 Å². The second kappa shape index (κ2) is 7.92. The minimum atomic E-state index is 0.0564. The first-order valence-corrected chi connectivity index (χ1v) is 9.43. The normalized spacial score (nSPS) is 13.1. The highest BCUT2D eigenvalue weighted by Crippen LogP contribution is 2.30. The molecule has 5 heteroatoms. The summed E-state index contributed by atoms with van der Waals surface area (Å²) in [6, 6.07) is 10.1. The number of carbonyl (C=O) groups excluding carboxylic acids is 1. The number of hydrogen-bond donors (Lipinski definition) is 0. The number of fused-ring (bicyclic) bond motifs is 2. The number of furan rings is 1. The van der Waals surface area contributed by atoms with Crippen molar-refractivity contribution in [1.82, 2.24) is 9.88 Å². The highest BCUT2D eigenvalue weighted by Gasteiger charge is 2.20. The summed E-state index contributed by atoms with van der Waals surface area (Å²) in [5.41, 5.74) is 5.48. The zero-order chi connectivity index (χ0) is 18.6. The third-order valence-corrected chi connectivity index (χ3v) is 5.21. The molecule has 2 heterocycles. The lowest BCUT2D eigenvalue weighted by atomic mass is 10.0. The number of nitrogens with zero attached hydrogens (tertiary/aromatic N) is 2. The lowest BCUT2D eigenvalue weighted by Gasteiger charge is -2.22. The van der Waals surface area contributed by atoms with Crippen LogP contribution in [0.4, 0.5) is 0 Å². The van der Waals surface area contributed by atoms with Gasteiger partial charge >= 0.3 is 0 Å². The summed E-state index contributed by atoms with van der Waals surface area (Å²) in [6.45, 7) is 1.52. The van der Waals surface area contributed by atoms with Gasteiger partial charge in [-0.05, 0) is 54.7 Å². The van der Waals surface area contributed by atoms with Crippen LogP contribution < -0.4 is 0 Å². The Kier molecular flexibility index (Phi) is 5.21. The van der Waals surface area contributed by atoms with Crippen LogP contribution in [0.3, 0.4) is 0 Å². The Balaban J connectivity index is 1.54. The SMILES string of the molecule is COCCN(Cc1ccccn1)C(=O)Cc1coc2cc3c(cc12)CCC3. The molecule has 0 radical (unpaired) electrons. The van der Waals surface area contributed by atoms with Crippen molar-refractivity contribution in [2.75, 3.05) is 20.3 Å². The molecule has 0 saturated heterocycles. The Bertz CT molecular complexity index is 933. The fraction of sp³-hybridized carbons (Fsp3) is 0.364.